The van der Waals surface area contributed by atoms with Crippen LogP contribution in [0.2, 0.25) is 0 Å². The molecule has 0 bridgehead atoms. The van der Waals surface area contributed by atoms with Crippen molar-refractivity contribution >= 4 is 43.5 Å². The van der Waals surface area contributed by atoms with Crippen LogP contribution in [0.1, 0.15) is 5.56 Å². The summed E-state index contributed by atoms with van der Waals surface area (Å²) in [6.45, 7) is 3.28. The van der Waals surface area contributed by atoms with E-state index in [9.17, 15) is 4.79 Å². The zero-order valence-corrected chi connectivity index (χ0v) is 13.5. The number of aryl methyl sites for hydroxylation is 1. The summed E-state index contributed by atoms with van der Waals surface area (Å²) in [5.74, 6) is -0.0635. The fourth-order valence-electron chi connectivity index (χ4n) is 1.39. The molecule has 0 unspecified atom stereocenters. The van der Waals surface area contributed by atoms with Crippen LogP contribution in [0.5, 0.6) is 0 Å². The van der Waals surface area contributed by atoms with Crippen molar-refractivity contribution in [3.8, 4) is 0 Å². The second-order valence-corrected chi connectivity index (χ2v) is 5.51. The van der Waals surface area contributed by atoms with Crippen LogP contribution < -0.4 is 10.6 Å². The second-order valence-electron chi connectivity index (χ2n) is 3.80. The molecule has 100 valence electrons. The topological polar surface area (TPSA) is 50.4 Å². The van der Waals surface area contributed by atoms with Gasteiger partial charge in [0.05, 0.1) is 18.8 Å². The number of nitrogens with one attached hydrogen (secondary N) is 2. The predicted molar refractivity (Wildman–Crippen MR) is 80.0 cm³/mol. The first kappa shape index (κ1) is 15.5. The Labute approximate surface area is 124 Å². The van der Waals surface area contributed by atoms with Crippen LogP contribution in [-0.2, 0) is 9.53 Å². The van der Waals surface area contributed by atoms with Gasteiger partial charge in [-0.15, -0.1) is 0 Å². The molecule has 0 radical (unpaired) electrons. The average molecular weight is 380 g/mol. The summed E-state index contributed by atoms with van der Waals surface area (Å²) in [5.41, 5.74) is 2.02. The van der Waals surface area contributed by atoms with Crippen molar-refractivity contribution < 1.29 is 9.53 Å². The van der Waals surface area contributed by atoms with E-state index in [1.807, 2.05) is 19.1 Å². The number of anilines is 1. The Morgan fingerprint density at radius 1 is 1.33 bits per heavy atom. The van der Waals surface area contributed by atoms with Crippen molar-refractivity contribution in [3.05, 3.63) is 26.6 Å². The van der Waals surface area contributed by atoms with E-state index in [-0.39, 0.29) is 12.5 Å². The van der Waals surface area contributed by atoms with E-state index in [2.05, 4.69) is 42.5 Å². The van der Waals surface area contributed by atoms with Crippen LogP contribution in [0.4, 0.5) is 5.69 Å². The summed E-state index contributed by atoms with van der Waals surface area (Å²) < 4.78 is 6.72. The molecule has 0 aliphatic heterocycles. The van der Waals surface area contributed by atoms with Crippen molar-refractivity contribution in [1.29, 1.82) is 0 Å². The van der Waals surface area contributed by atoms with Gasteiger partial charge in [-0.3, -0.25) is 4.79 Å². The molecule has 1 amide bonds. The highest BCUT2D eigenvalue weighted by molar-refractivity contribution is 9.11. The smallest absolute Gasteiger partial charge is 0.239 e. The summed E-state index contributed by atoms with van der Waals surface area (Å²) >= 11 is 6.94. The van der Waals surface area contributed by atoms with Crippen LogP contribution in [-0.4, -0.2) is 32.7 Å². The molecule has 0 aliphatic carbocycles. The Bertz CT molecular complexity index is 402. The number of carbonyl (C=O) groups excluding carboxylic acids is 1. The molecule has 18 heavy (non-hydrogen) atoms. The second kappa shape index (κ2) is 7.76. The van der Waals surface area contributed by atoms with E-state index in [1.165, 1.54) is 0 Å². The Hall–Kier alpha value is -0.590. The Balaban J connectivity index is 2.51. The number of methoxy groups -OCH3 is 1. The molecule has 0 spiro atoms. The number of hydrogen-bond acceptors (Lipinski definition) is 3. The van der Waals surface area contributed by atoms with E-state index in [1.54, 1.807) is 7.11 Å². The number of amides is 1. The lowest BCUT2D eigenvalue weighted by Gasteiger charge is -2.12. The Morgan fingerprint density at radius 3 is 2.50 bits per heavy atom. The number of hydrogen-bond donors (Lipinski definition) is 2. The van der Waals surface area contributed by atoms with Crippen molar-refractivity contribution in [2.45, 2.75) is 6.92 Å². The first-order chi connectivity index (χ1) is 8.54. The molecular formula is C12H16Br2N2O2. The van der Waals surface area contributed by atoms with Gasteiger partial charge in [0.2, 0.25) is 5.91 Å². The maximum atomic E-state index is 11.5. The van der Waals surface area contributed by atoms with Crippen LogP contribution in [0.15, 0.2) is 21.1 Å². The first-order valence-electron chi connectivity index (χ1n) is 5.49. The molecule has 4 nitrogen and oxygen atoms in total. The quantitative estimate of drug-likeness (QED) is 0.747. The minimum absolute atomic E-state index is 0.0635. The fraction of sp³-hybridized carbons (Fsp3) is 0.417. The first-order valence-corrected chi connectivity index (χ1v) is 7.08. The minimum Gasteiger partial charge on any atom is -0.383 e. The van der Waals surface area contributed by atoms with E-state index in [0.717, 1.165) is 20.2 Å². The van der Waals surface area contributed by atoms with Gasteiger partial charge in [0, 0.05) is 22.6 Å². The molecule has 0 heterocycles. The number of ether oxygens (including phenoxy) is 1. The van der Waals surface area contributed by atoms with Gasteiger partial charge in [0.15, 0.2) is 0 Å². The molecular weight excluding hydrogens is 364 g/mol. The van der Waals surface area contributed by atoms with E-state index >= 15 is 0 Å². The Kier molecular flexibility index (Phi) is 6.67. The molecule has 1 aromatic rings. The summed E-state index contributed by atoms with van der Waals surface area (Å²) in [7, 11) is 1.60. The zero-order valence-electron chi connectivity index (χ0n) is 10.3. The molecule has 0 atom stereocenters. The Morgan fingerprint density at radius 2 is 1.94 bits per heavy atom. The minimum atomic E-state index is -0.0635. The van der Waals surface area contributed by atoms with E-state index in [0.29, 0.717) is 13.2 Å². The third-order valence-corrected chi connectivity index (χ3v) is 3.49. The lowest BCUT2D eigenvalue weighted by Crippen LogP contribution is -2.32. The third-order valence-electron chi connectivity index (χ3n) is 2.24. The van der Waals surface area contributed by atoms with Crippen molar-refractivity contribution in [2.24, 2.45) is 0 Å². The largest absolute Gasteiger partial charge is 0.383 e. The monoisotopic (exact) mass is 378 g/mol. The summed E-state index contributed by atoms with van der Waals surface area (Å²) in [6, 6.07) is 3.99. The zero-order chi connectivity index (χ0) is 13.5. The molecule has 6 heteroatoms. The average Bonchev–Trinajstić information content (AvgIpc) is 2.27. The highest BCUT2D eigenvalue weighted by Crippen LogP contribution is 2.31. The van der Waals surface area contributed by atoms with Gasteiger partial charge in [0.25, 0.3) is 0 Å². The van der Waals surface area contributed by atoms with Gasteiger partial charge < -0.3 is 15.4 Å². The third kappa shape index (κ3) is 4.96. The van der Waals surface area contributed by atoms with Gasteiger partial charge >= 0.3 is 0 Å². The molecule has 1 aromatic carbocycles. The van der Waals surface area contributed by atoms with Gasteiger partial charge in [0.1, 0.15) is 0 Å². The molecule has 0 fully saturated rings. The highest BCUT2D eigenvalue weighted by Gasteiger charge is 2.07. The summed E-state index contributed by atoms with van der Waals surface area (Å²) in [6.07, 6.45) is 0. The molecule has 0 saturated heterocycles. The summed E-state index contributed by atoms with van der Waals surface area (Å²) in [5, 5.41) is 5.84. The van der Waals surface area contributed by atoms with Gasteiger partial charge in [-0.05, 0) is 56.5 Å². The molecule has 0 aliphatic rings. The lowest BCUT2D eigenvalue weighted by atomic mass is 10.2. The van der Waals surface area contributed by atoms with E-state index < -0.39 is 0 Å². The number of carbonyl (C=O) groups is 1. The van der Waals surface area contributed by atoms with Crippen LogP contribution in [0.3, 0.4) is 0 Å². The molecule has 1 rings (SSSR count). The highest BCUT2D eigenvalue weighted by atomic mass is 79.9. The molecule has 0 aromatic heterocycles. The normalized spacial score (nSPS) is 10.2. The maximum Gasteiger partial charge on any atom is 0.239 e. The van der Waals surface area contributed by atoms with Crippen molar-refractivity contribution in [1.82, 2.24) is 5.32 Å². The van der Waals surface area contributed by atoms with Gasteiger partial charge in [-0.1, -0.05) is 0 Å². The van der Waals surface area contributed by atoms with Crippen molar-refractivity contribution in [2.75, 3.05) is 32.1 Å². The standard InChI is InChI=1S/C12H16Br2N2O2/c1-8-5-9(13)12(10(14)6-8)16-7-11(17)15-3-4-18-2/h5-6,16H,3-4,7H2,1-2H3,(H,15,17). The van der Waals surface area contributed by atoms with Gasteiger partial charge in [-0.25, -0.2) is 0 Å². The predicted octanol–water partition coefficient (Wildman–Crippen LogP) is 2.69. The van der Waals surface area contributed by atoms with Crippen LogP contribution in [0, 0.1) is 6.92 Å². The van der Waals surface area contributed by atoms with Crippen LogP contribution >= 0.6 is 31.9 Å². The van der Waals surface area contributed by atoms with Crippen molar-refractivity contribution in [3.63, 3.8) is 0 Å². The fourth-order valence-corrected chi connectivity index (χ4v) is 3.09. The number of benzene rings is 1. The number of halogens is 2. The molecule has 2 N–H and O–H groups in total. The van der Waals surface area contributed by atoms with Crippen LogP contribution in [0.25, 0.3) is 0 Å². The van der Waals surface area contributed by atoms with E-state index in [4.69, 9.17) is 4.74 Å². The maximum absolute atomic E-state index is 11.5. The SMILES string of the molecule is COCCNC(=O)CNc1c(Br)cc(C)cc1Br. The number of rotatable bonds is 6. The molecule has 0 saturated carbocycles. The van der Waals surface area contributed by atoms with Gasteiger partial charge in [-0.2, -0.15) is 0 Å². The summed E-state index contributed by atoms with van der Waals surface area (Å²) in [4.78, 5) is 11.5. The lowest BCUT2D eigenvalue weighted by molar-refractivity contribution is -0.119.